The number of alkyl halides is 1. The zero-order valence-corrected chi connectivity index (χ0v) is 13.1. The van der Waals surface area contributed by atoms with Crippen LogP contribution in [0.2, 0.25) is 0 Å². The highest BCUT2D eigenvalue weighted by molar-refractivity contribution is 7.85. The van der Waals surface area contributed by atoms with E-state index in [-0.39, 0.29) is 6.29 Å². The summed E-state index contributed by atoms with van der Waals surface area (Å²) in [7, 11) is -0.973. The van der Waals surface area contributed by atoms with Crippen LogP contribution in [0, 0.1) is 0 Å². The first kappa shape index (κ1) is 16.0. The van der Waals surface area contributed by atoms with Gasteiger partial charge in [0.05, 0.1) is 24.0 Å². The summed E-state index contributed by atoms with van der Waals surface area (Å²) in [4.78, 5) is 0.855. The lowest BCUT2D eigenvalue weighted by Gasteiger charge is -2.23. The van der Waals surface area contributed by atoms with Crippen LogP contribution in [-0.4, -0.2) is 35.3 Å². The first-order valence-corrected chi connectivity index (χ1v) is 8.91. The van der Waals surface area contributed by atoms with Gasteiger partial charge in [0.1, 0.15) is 0 Å². The molecule has 1 aliphatic heterocycles. The Hall–Kier alpha value is -0.420. The van der Waals surface area contributed by atoms with Gasteiger partial charge in [0, 0.05) is 16.5 Å². The minimum atomic E-state index is -0.973. The predicted molar refractivity (Wildman–Crippen MR) is 81.7 cm³/mol. The van der Waals surface area contributed by atoms with E-state index in [1.54, 1.807) is 0 Å². The zero-order chi connectivity index (χ0) is 14.2. The monoisotopic (exact) mass is 316 g/mol. The topological polar surface area (TPSA) is 35.5 Å². The molecule has 0 aromatic heterocycles. The molecule has 1 fully saturated rings. The fourth-order valence-corrected chi connectivity index (χ4v) is 3.41. The van der Waals surface area contributed by atoms with Crippen LogP contribution in [0.4, 0.5) is 0 Å². The highest BCUT2D eigenvalue weighted by Crippen LogP contribution is 2.15. The minimum absolute atomic E-state index is 0.0285. The van der Waals surface area contributed by atoms with Crippen LogP contribution in [0.15, 0.2) is 29.2 Å². The smallest absolute Gasteiger partial charge is 0.157 e. The summed E-state index contributed by atoms with van der Waals surface area (Å²) in [6.07, 6.45) is 3.93. The molecule has 1 aliphatic rings. The first-order chi connectivity index (χ1) is 9.79. The van der Waals surface area contributed by atoms with E-state index in [9.17, 15) is 4.21 Å². The molecule has 0 amide bonds. The quantitative estimate of drug-likeness (QED) is 0.725. The van der Waals surface area contributed by atoms with Crippen LogP contribution in [0.1, 0.15) is 24.8 Å². The molecule has 1 atom stereocenters. The summed E-state index contributed by atoms with van der Waals surface area (Å²) in [6, 6.07) is 7.96. The summed E-state index contributed by atoms with van der Waals surface area (Å²) in [5, 5.41) is 0. The fourth-order valence-electron chi connectivity index (χ4n) is 2.17. The summed E-state index contributed by atoms with van der Waals surface area (Å²) in [6.45, 7) is 1.62. The molecule has 0 saturated carbocycles. The minimum Gasteiger partial charge on any atom is -0.353 e. The van der Waals surface area contributed by atoms with Crippen molar-refractivity contribution >= 4 is 22.4 Å². The molecule has 112 valence electrons. The van der Waals surface area contributed by atoms with Crippen LogP contribution in [-0.2, 0) is 26.7 Å². The van der Waals surface area contributed by atoms with Gasteiger partial charge in [-0.2, -0.15) is 0 Å². The van der Waals surface area contributed by atoms with Crippen LogP contribution in [0.25, 0.3) is 0 Å². The van der Waals surface area contributed by atoms with Gasteiger partial charge in [-0.05, 0) is 43.4 Å². The van der Waals surface area contributed by atoms with Gasteiger partial charge in [0.15, 0.2) is 6.29 Å². The van der Waals surface area contributed by atoms with Crippen LogP contribution in [0.3, 0.4) is 0 Å². The predicted octanol–water partition coefficient (Wildman–Crippen LogP) is 3.12. The molecule has 1 unspecified atom stereocenters. The van der Waals surface area contributed by atoms with Crippen molar-refractivity contribution in [1.82, 2.24) is 0 Å². The van der Waals surface area contributed by atoms with E-state index in [0.717, 1.165) is 43.8 Å². The van der Waals surface area contributed by atoms with Crippen molar-refractivity contribution in [1.29, 1.82) is 0 Å². The first-order valence-electron chi connectivity index (χ1n) is 7.06. The summed E-state index contributed by atoms with van der Waals surface area (Å²) in [5.74, 6) is 0.938. The third-order valence-corrected chi connectivity index (χ3v) is 5.04. The van der Waals surface area contributed by atoms with Crippen molar-refractivity contribution in [2.45, 2.75) is 36.9 Å². The van der Waals surface area contributed by atoms with E-state index in [0.29, 0.717) is 11.6 Å². The molecule has 2 rings (SSSR count). The number of halogens is 1. The van der Waals surface area contributed by atoms with Crippen molar-refractivity contribution in [3.8, 4) is 0 Å². The zero-order valence-electron chi connectivity index (χ0n) is 11.6. The third kappa shape index (κ3) is 5.17. The molecule has 5 heteroatoms. The lowest BCUT2D eigenvalue weighted by Crippen LogP contribution is -2.24. The van der Waals surface area contributed by atoms with Gasteiger partial charge in [0.2, 0.25) is 0 Å². The van der Waals surface area contributed by atoms with Crippen molar-refractivity contribution in [3.63, 3.8) is 0 Å². The molecule has 0 N–H and O–H groups in total. The summed E-state index contributed by atoms with van der Waals surface area (Å²) in [5.41, 5.74) is 1.26. The standard InChI is InChI=1S/C15H21ClO3S/c16-9-12-20(17)14-7-5-13(6-8-14)3-1-4-15-18-10-2-11-19-15/h5-8,15H,1-4,9-12H2. The molecule has 3 nitrogen and oxygen atoms in total. The molecule has 0 spiro atoms. The Morgan fingerprint density at radius 2 is 1.90 bits per heavy atom. The van der Waals surface area contributed by atoms with Gasteiger partial charge >= 0.3 is 0 Å². The van der Waals surface area contributed by atoms with Crippen LogP contribution < -0.4 is 0 Å². The second-order valence-corrected chi connectivity index (χ2v) is 6.75. The summed E-state index contributed by atoms with van der Waals surface area (Å²) >= 11 is 5.60. The third-order valence-electron chi connectivity index (χ3n) is 3.25. The van der Waals surface area contributed by atoms with E-state index >= 15 is 0 Å². The maximum absolute atomic E-state index is 11.8. The summed E-state index contributed by atoms with van der Waals surface area (Å²) < 4.78 is 22.8. The van der Waals surface area contributed by atoms with Gasteiger partial charge in [-0.3, -0.25) is 4.21 Å². The lowest BCUT2D eigenvalue weighted by molar-refractivity contribution is -0.181. The average Bonchev–Trinajstić information content (AvgIpc) is 2.49. The number of aryl methyl sites for hydroxylation is 1. The van der Waals surface area contributed by atoms with Crippen LogP contribution >= 0.6 is 11.6 Å². The molecular weight excluding hydrogens is 296 g/mol. The molecule has 1 heterocycles. The highest BCUT2D eigenvalue weighted by atomic mass is 35.5. The molecule has 1 saturated heterocycles. The van der Waals surface area contributed by atoms with Crippen molar-refractivity contribution in [3.05, 3.63) is 29.8 Å². The maximum Gasteiger partial charge on any atom is 0.157 e. The van der Waals surface area contributed by atoms with Crippen molar-refractivity contribution in [2.24, 2.45) is 0 Å². The molecular formula is C15H21ClO3S. The van der Waals surface area contributed by atoms with E-state index < -0.39 is 10.8 Å². The van der Waals surface area contributed by atoms with E-state index in [2.05, 4.69) is 0 Å². The largest absolute Gasteiger partial charge is 0.353 e. The molecule has 1 aromatic rings. The maximum atomic E-state index is 11.8. The van der Waals surface area contributed by atoms with E-state index in [1.165, 1.54) is 5.56 Å². The number of benzene rings is 1. The van der Waals surface area contributed by atoms with Crippen LogP contribution in [0.5, 0.6) is 0 Å². The van der Waals surface area contributed by atoms with Gasteiger partial charge in [-0.25, -0.2) is 0 Å². The van der Waals surface area contributed by atoms with Crippen molar-refractivity contribution in [2.75, 3.05) is 24.8 Å². The molecule has 0 radical (unpaired) electrons. The second-order valence-electron chi connectivity index (χ2n) is 4.80. The molecule has 1 aromatic carbocycles. The van der Waals surface area contributed by atoms with Gasteiger partial charge in [-0.15, -0.1) is 11.6 Å². The van der Waals surface area contributed by atoms with Gasteiger partial charge < -0.3 is 9.47 Å². The fraction of sp³-hybridized carbons (Fsp3) is 0.600. The Morgan fingerprint density at radius 1 is 1.20 bits per heavy atom. The van der Waals surface area contributed by atoms with Gasteiger partial charge in [0.25, 0.3) is 0 Å². The Balaban J connectivity index is 1.74. The Bertz CT molecular complexity index is 416. The Morgan fingerprint density at radius 3 is 2.55 bits per heavy atom. The van der Waals surface area contributed by atoms with Crippen molar-refractivity contribution < 1.29 is 13.7 Å². The Kier molecular flexibility index (Phi) is 7.00. The number of ether oxygens (including phenoxy) is 2. The second kappa shape index (κ2) is 8.78. The van der Waals surface area contributed by atoms with E-state index in [4.69, 9.17) is 21.1 Å². The molecule has 0 bridgehead atoms. The normalized spacial score (nSPS) is 18.1. The average molecular weight is 317 g/mol. The highest BCUT2D eigenvalue weighted by Gasteiger charge is 2.13. The molecule has 20 heavy (non-hydrogen) atoms. The number of hydrogen-bond donors (Lipinski definition) is 0. The van der Waals surface area contributed by atoms with E-state index in [1.807, 2.05) is 24.3 Å². The SMILES string of the molecule is O=S(CCCl)c1ccc(CCCC2OCCCO2)cc1. The van der Waals surface area contributed by atoms with Gasteiger partial charge in [-0.1, -0.05) is 12.1 Å². The Labute approximate surface area is 128 Å². The number of hydrogen-bond acceptors (Lipinski definition) is 3. The lowest BCUT2D eigenvalue weighted by atomic mass is 10.1. The molecule has 0 aliphatic carbocycles. The number of rotatable bonds is 7.